The molecule has 0 aliphatic heterocycles. The second kappa shape index (κ2) is 10.3. The molecule has 0 aliphatic carbocycles. The standard InChI is InChI=1S/C21H21NO.2HI/c22-20(16-17-10-4-1-5-11-17)21(23,18-12-6-2-7-13-18)19-14-8-3-9-15-19;;/h1-15,20,23H,16,22H2;2*1H. The second-order valence-corrected chi connectivity index (χ2v) is 5.79. The summed E-state index contributed by atoms with van der Waals surface area (Å²) in [5, 5.41) is 11.6. The van der Waals surface area contributed by atoms with E-state index in [0.29, 0.717) is 6.42 Å². The van der Waals surface area contributed by atoms with Gasteiger partial charge in [0, 0.05) is 6.04 Å². The van der Waals surface area contributed by atoms with E-state index in [1.807, 2.05) is 91.0 Å². The van der Waals surface area contributed by atoms with Gasteiger partial charge in [-0.05, 0) is 23.1 Å². The molecule has 3 aromatic carbocycles. The van der Waals surface area contributed by atoms with E-state index >= 15 is 0 Å². The van der Waals surface area contributed by atoms with Gasteiger partial charge in [-0.2, -0.15) is 0 Å². The summed E-state index contributed by atoms with van der Waals surface area (Å²) in [5.74, 6) is 0. The quantitative estimate of drug-likeness (QED) is 0.445. The highest BCUT2D eigenvalue weighted by Gasteiger charge is 2.37. The van der Waals surface area contributed by atoms with Gasteiger partial charge in [-0.25, -0.2) is 0 Å². The number of benzene rings is 3. The lowest BCUT2D eigenvalue weighted by Crippen LogP contribution is -2.47. The van der Waals surface area contributed by atoms with Crippen molar-refractivity contribution in [1.82, 2.24) is 0 Å². The van der Waals surface area contributed by atoms with Crippen molar-refractivity contribution in [1.29, 1.82) is 0 Å². The van der Waals surface area contributed by atoms with Gasteiger partial charge in [0.2, 0.25) is 0 Å². The van der Waals surface area contributed by atoms with Gasteiger partial charge in [0.15, 0.2) is 0 Å². The Morgan fingerprint density at radius 1 is 0.680 bits per heavy atom. The lowest BCUT2D eigenvalue weighted by molar-refractivity contribution is 0.0516. The van der Waals surface area contributed by atoms with Crippen LogP contribution in [0.25, 0.3) is 0 Å². The molecule has 0 aliphatic rings. The molecular weight excluding hydrogens is 536 g/mol. The normalized spacial score (nSPS) is 11.8. The molecule has 3 N–H and O–H groups in total. The van der Waals surface area contributed by atoms with Crippen molar-refractivity contribution in [2.45, 2.75) is 18.1 Å². The number of hydrogen-bond donors (Lipinski definition) is 2. The molecule has 4 heteroatoms. The zero-order valence-electron chi connectivity index (χ0n) is 13.8. The highest BCUT2D eigenvalue weighted by atomic mass is 127. The van der Waals surface area contributed by atoms with Crippen molar-refractivity contribution in [3.8, 4) is 0 Å². The van der Waals surface area contributed by atoms with Crippen molar-refractivity contribution in [2.24, 2.45) is 5.73 Å². The van der Waals surface area contributed by atoms with Crippen molar-refractivity contribution >= 4 is 48.0 Å². The molecule has 0 saturated heterocycles. The Hall–Kier alpha value is -0.960. The molecule has 0 spiro atoms. The van der Waals surface area contributed by atoms with Crippen LogP contribution in [0.5, 0.6) is 0 Å². The highest BCUT2D eigenvalue weighted by Crippen LogP contribution is 2.33. The Morgan fingerprint density at radius 3 is 1.44 bits per heavy atom. The Labute approximate surface area is 183 Å². The fraction of sp³-hybridized carbons (Fsp3) is 0.143. The summed E-state index contributed by atoms with van der Waals surface area (Å²) in [6.07, 6.45) is 0.598. The van der Waals surface area contributed by atoms with Crippen LogP contribution < -0.4 is 5.73 Å². The molecule has 1 atom stereocenters. The Kier molecular flexibility index (Phi) is 9.06. The predicted octanol–water partition coefficient (Wildman–Crippen LogP) is 4.73. The summed E-state index contributed by atoms with van der Waals surface area (Å²) in [6, 6.07) is 28.9. The largest absolute Gasteiger partial charge is 0.379 e. The predicted molar refractivity (Wildman–Crippen MR) is 125 cm³/mol. The molecule has 0 heterocycles. The number of hydrogen-bond acceptors (Lipinski definition) is 2. The van der Waals surface area contributed by atoms with Crippen LogP contribution in [0.2, 0.25) is 0 Å². The Bertz CT molecular complexity index is 696. The molecule has 2 nitrogen and oxygen atoms in total. The first-order chi connectivity index (χ1) is 11.2. The smallest absolute Gasteiger partial charge is 0.130 e. The average molecular weight is 559 g/mol. The third-order valence-corrected chi connectivity index (χ3v) is 4.26. The van der Waals surface area contributed by atoms with E-state index in [4.69, 9.17) is 5.73 Å². The first-order valence-electron chi connectivity index (χ1n) is 7.84. The number of rotatable bonds is 5. The summed E-state index contributed by atoms with van der Waals surface area (Å²) in [7, 11) is 0. The van der Waals surface area contributed by atoms with E-state index in [1.54, 1.807) is 0 Å². The van der Waals surface area contributed by atoms with E-state index in [0.717, 1.165) is 16.7 Å². The van der Waals surface area contributed by atoms with Gasteiger partial charge >= 0.3 is 0 Å². The van der Waals surface area contributed by atoms with Crippen LogP contribution >= 0.6 is 48.0 Å². The van der Waals surface area contributed by atoms with Crippen LogP contribution in [-0.2, 0) is 12.0 Å². The molecule has 3 rings (SSSR count). The van der Waals surface area contributed by atoms with Gasteiger partial charge in [0.25, 0.3) is 0 Å². The summed E-state index contributed by atoms with van der Waals surface area (Å²) in [4.78, 5) is 0. The molecule has 0 fully saturated rings. The van der Waals surface area contributed by atoms with E-state index in [2.05, 4.69) is 0 Å². The lowest BCUT2D eigenvalue weighted by Gasteiger charge is -2.35. The third-order valence-electron chi connectivity index (χ3n) is 4.26. The molecule has 132 valence electrons. The molecule has 0 aromatic heterocycles. The van der Waals surface area contributed by atoms with Crippen molar-refractivity contribution in [2.75, 3.05) is 0 Å². The third kappa shape index (κ3) is 5.03. The number of nitrogens with two attached hydrogens (primary N) is 1. The van der Waals surface area contributed by atoms with E-state index in [-0.39, 0.29) is 48.0 Å². The first kappa shape index (κ1) is 22.1. The number of halogens is 2. The summed E-state index contributed by atoms with van der Waals surface area (Å²) in [6.45, 7) is 0. The maximum atomic E-state index is 11.6. The molecule has 0 radical (unpaired) electrons. The Morgan fingerprint density at radius 2 is 1.04 bits per heavy atom. The van der Waals surface area contributed by atoms with Crippen LogP contribution in [0.3, 0.4) is 0 Å². The molecule has 0 amide bonds. The SMILES string of the molecule is I.I.NC(Cc1ccccc1)C(O)(c1ccccc1)c1ccccc1. The van der Waals surface area contributed by atoms with Crippen molar-refractivity contribution in [3.63, 3.8) is 0 Å². The summed E-state index contributed by atoms with van der Waals surface area (Å²) < 4.78 is 0. The monoisotopic (exact) mass is 559 g/mol. The van der Waals surface area contributed by atoms with Gasteiger partial charge in [-0.1, -0.05) is 91.0 Å². The minimum atomic E-state index is -1.22. The van der Waals surface area contributed by atoms with Crippen LogP contribution in [0.15, 0.2) is 91.0 Å². The summed E-state index contributed by atoms with van der Waals surface area (Å²) >= 11 is 0. The van der Waals surface area contributed by atoms with Crippen LogP contribution in [0.4, 0.5) is 0 Å². The van der Waals surface area contributed by atoms with Crippen molar-refractivity contribution in [3.05, 3.63) is 108 Å². The Balaban J connectivity index is 0.00000156. The van der Waals surface area contributed by atoms with Crippen LogP contribution in [0, 0.1) is 0 Å². The first-order valence-corrected chi connectivity index (χ1v) is 7.84. The average Bonchev–Trinajstić information content (AvgIpc) is 2.63. The van der Waals surface area contributed by atoms with E-state index in [9.17, 15) is 5.11 Å². The minimum Gasteiger partial charge on any atom is -0.379 e. The van der Waals surface area contributed by atoms with Crippen molar-refractivity contribution < 1.29 is 5.11 Å². The van der Waals surface area contributed by atoms with Gasteiger partial charge < -0.3 is 10.8 Å². The van der Waals surface area contributed by atoms with Gasteiger partial charge in [0.1, 0.15) is 5.60 Å². The van der Waals surface area contributed by atoms with E-state index in [1.165, 1.54) is 0 Å². The zero-order chi connectivity index (χ0) is 16.1. The fourth-order valence-corrected chi connectivity index (χ4v) is 3.00. The highest BCUT2D eigenvalue weighted by molar-refractivity contribution is 14.0. The molecule has 0 bridgehead atoms. The maximum Gasteiger partial charge on any atom is 0.130 e. The maximum absolute atomic E-state index is 11.6. The van der Waals surface area contributed by atoms with Gasteiger partial charge in [0.05, 0.1) is 0 Å². The van der Waals surface area contributed by atoms with Crippen LogP contribution in [-0.4, -0.2) is 11.1 Å². The molecular formula is C21H23I2NO. The molecule has 25 heavy (non-hydrogen) atoms. The molecule has 1 unspecified atom stereocenters. The topological polar surface area (TPSA) is 46.2 Å². The molecule has 0 saturated carbocycles. The van der Waals surface area contributed by atoms with E-state index < -0.39 is 11.6 Å². The fourth-order valence-electron chi connectivity index (χ4n) is 3.00. The number of aliphatic hydroxyl groups is 1. The second-order valence-electron chi connectivity index (χ2n) is 5.79. The van der Waals surface area contributed by atoms with Gasteiger partial charge in [-0.3, -0.25) is 0 Å². The van der Waals surface area contributed by atoms with Crippen LogP contribution in [0.1, 0.15) is 16.7 Å². The molecule has 3 aromatic rings. The minimum absolute atomic E-state index is 0. The van der Waals surface area contributed by atoms with Gasteiger partial charge in [-0.15, -0.1) is 48.0 Å². The lowest BCUT2D eigenvalue weighted by atomic mass is 9.78. The summed E-state index contributed by atoms with van der Waals surface area (Å²) in [5.41, 5.74) is 8.02. The zero-order valence-corrected chi connectivity index (χ0v) is 18.4.